The third-order valence-corrected chi connectivity index (χ3v) is 4.83. The number of piperidine rings is 1. The summed E-state index contributed by atoms with van der Waals surface area (Å²) in [6, 6.07) is 0. The van der Waals surface area contributed by atoms with Gasteiger partial charge in [0.15, 0.2) is 0 Å². The predicted octanol–water partition coefficient (Wildman–Crippen LogP) is 5.19. The van der Waals surface area contributed by atoms with E-state index in [1.807, 2.05) is 0 Å². The molecule has 0 aromatic rings. The molecule has 1 N–H and O–H groups in total. The number of allylic oxidation sites excluding steroid dienone is 6. The van der Waals surface area contributed by atoms with Gasteiger partial charge in [0.2, 0.25) is 0 Å². The molecule has 2 heterocycles. The van der Waals surface area contributed by atoms with Crippen molar-refractivity contribution in [2.45, 2.75) is 53.4 Å². The fourth-order valence-corrected chi connectivity index (χ4v) is 3.41. The summed E-state index contributed by atoms with van der Waals surface area (Å²) in [5.74, 6) is 1.24. The normalized spacial score (nSPS) is 28.7. The van der Waals surface area contributed by atoms with E-state index in [9.17, 15) is 0 Å². The second-order valence-electron chi connectivity index (χ2n) is 7.83. The van der Waals surface area contributed by atoms with Crippen LogP contribution >= 0.6 is 0 Å². The van der Waals surface area contributed by atoms with Crippen molar-refractivity contribution in [2.24, 2.45) is 17.3 Å². The van der Waals surface area contributed by atoms with E-state index >= 15 is 0 Å². The van der Waals surface area contributed by atoms with E-state index in [1.165, 1.54) is 19.3 Å². The van der Waals surface area contributed by atoms with Crippen LogP contribution in [0.2, 0.25) is 0 Å². The van der Waals surface area contributed by atoms with Crippen molar-refractivity contribution in [3.05, 3.63) is 36.1 Å². The molecule has 0 aliphatic carbocycles. The lowest BCUT2D eigenvalue weighted by Crippen LogP contribution is -2.35. The maximum absolute atomic E-state index is 8.28. The van der Waals surface area contributed by atoms with Gasteiger partial charge in [-0.1, -0.05) is 52.0 Å². The lowest BCUT2D eigenvalue weighted by atomic mass is 9.81. The second kappa shape index (κ2) is 7.30. The van der Waals surface area contributed by atoms with Crippen LogP contribution in [0.1, 0.15) is 53.4 Å². The molecule has 2 rings (SSSR count). The van der Waals surface area contributed by atoms with Gasteiger partial charge in [0, 0.05) is 13.1 Å². The Labute approximate surface area is 136 Å². The minimum absolute atomic E-state index is 0.352. The molecule has 2 atom stereocenters. The topological polar surface area (TPSA) is 27.1 Å². The van der Waals surface area contributed by atoms with Gasteiger partial charge in [-0.05, 0) is 49.0 Å². The SMILES string of the molecule is CC(C)CC/C=C/[C@H](C)/C=C/C=C1\C(=N)CC2(C)CCN1C2. The quantitative estimate of drug-likeness (QED) is 0.671. The van der Waals surface area contributed by atoms with Crippen LogP contribution in [0.25, 0.3) is 0 Å². The first-order chi connectivity index (χ1) is 10.4. The molecule has 2 bridgehead atoms. The number of nitrogens with one attached hydrogen (secondary N) is 1. The summed E-state index contributed by atoms with van der Waals surface area (Å²) in [6.07, 6.45) is 15.7. The van der Waals surface area contributed by atoms with Crippen molar-refractivity contribution in [1.82, 2.24) is 4.90 Å². The number of hydrogen-bond acceptors (Lipinski definition) is 2. The number of fused-ring (bicyclic) bond motifs is 2. The summed E-state index contributed by atoms with van der Waals surface area (Å²) >= 11 is 0. The van der Waals surface area contributed by atoms with Crippen LogP contribution in [0.3, 0.4) is 0 Å². The van der Waals surface area contributed by atoms with Gasteiger partial charge in [0.25, 0.3) is 0 Å². The summed E-state index contributed by atoms with van der Waals surface area (Å²) in [5.41, 5.74) is 2.31. The molecule has 2 saturated heterocycles. The minimum atomic E-state index is 0.352. The Balaban J connectivity index is 1.86. The molecule has 0 aromatic heterocycles. The Morgan fingerprint density at radius 3 is 2.77 bits per heavy atom. The molecule has 0 aromatic carbocycles. The molecule has 22 heavy (non-hydrogen) atoms. The van der Waals surface area contributed by atoms with E-state index in [4.69, 9.17) is 5.41 Å². The Morgan fingerprint density at radius 2 is 2.05 bits per heavy atom. The zero-order chi connectivity index (χ0) is 16.2. The lowest BCUT2D eigenvalue weighted by molar-refractivity contribution is 0.308. The largest absolute Gasteiger partial charge is 0.370 e. The van der Waals surface area contributed by atoms with E-state index in [1.54, 1.807) is 0 Å². The Morgan fingerprint density at radius 1 is 1.27 bits per heavy atom. The highest BCUT2D eigenvalue weighted by Crippen LogP contribution is 2.41. The number of hydrogen-bond donors (Lipinski definition) is 1. The molecule has 1 unspecified atom stereocenters. The van der Waals surface area contributed by atoms with Crippen molar-refractivity contribution in [3.8, 4) is 0 Å². The average molecular weight is 300 g/mol. The van der Waals surface area contributed by atoms with Crippen LogP contribution in [0.5, 0.6) is 0 Å². The fourth-order valence-electron chi connectivity index (χ4n) is 3.41. The summed E-state index contributed by atoms with van der Waals surface area (Å²) in [7, 11) is 0. The minimum Gasteiger partial charge on any atom is -0.370 e. The van der Waals surface area contributed by atoms with Crippen molar-refractivity contribution in [2.75, 3.05) is 13.1 Å². The van der Waals surface area contributed by atoms with Crippen LogP contribution in [-0.2, 0) is 0 Å². The monoisotopic (exact) mass is 300 g/mol. The van der Waals surface area contributed by atoms with Crippen LogP contribution in [0, 0.1) is 22.7 Å². The van der Waals surface area contributed by atoms with Crippen molar-refractivity contribution in [1.29, 1.82) is 5.41 Å². The van der Waals surface area contributed by atoms with Crippen LogP contribution < -0.4 is 0 Å². The second-order valence-corrected chi connectivity index (χ2v) is 7.83. The first-order valence-electron chi connectivity index (χ1n) is 8.77. The maximum Gasteiger partial charge on any atom is 0.0577 e. The van der Waals surface area contributed by atoms with E-state index in [0.717, 1.165) is 36.8 Å². The van der Waals surface area contributed by atoms with Gasteiger partial charge in [-0.25, -0.2) is 0 Å². The van der Waals surface area contributed by atoms with E-state index < -0.39 is 0 Å². The predicted molar refractivity (Wildman–Crippen MR) is 96.2 cm³/mol. The lowest BCUT2D eigenvalue weighted by Gasteiger charge is -2.33. The molecular weight excluding hydrogens is 268 g/mol. The fraction of sp³-hybridized carbons (Fsp3) is 0.650. The molecular formula is C20H32N2. The summed E-state index contributed by atoms with van der Waals surface area (Å²) in [6.45, 7) is 11.3. The molecule has 0 amide bonds. The molecule has 2 nitrogen and oxygen atoms in total. The van der Waals surface area contributed by atoms with Crippen LogP contribution in [-0.4, -0.2) is 23.7 Å². The van der Waals surface area contributed by atoms with Crippen molar-refractivity contribution < 1.29 is 0 Å². The Hall–Kier alpha value is -1.31. The first kappa shape index (κ1) is 17.1. The molecule has 0 radical (unpaired) electrons. The van der Waals surface area contributed by atoms with Gasteiger partial charge in [-0.3, -0.25) is 0 Å². The summed E-state index contributed by atoms with van der Waals surface area (Å²) < 4.78 is 0. The summed E-state index contributed by atoms with van der Waals surface area (Å²) in [5, 5.41) is 8.28. The Bertz CT molecular complexity index is 484. The highest BCUT2D eigenvalue weighted by atomic mass is 15.2. The molecule has 2 fully saturated rings. The zero-order valence-electron chi connectivity index (χ0n) is 14.7. The molecule has 2 aliphatic rings. The third kappa shape index (κ3) is 4.59. The van der Waals surface area contributed by atoms with Gasteiger partial charge in [0.05, 0.1) is 11.4 Å². The third-order valence-electron chi connectivity index (χ3n) is 4.83. The van der Waals surface area contributed by atoms with Gasteiger partial charge < -0.3 is 10.3 Å². The van der Waals surface area contributed by atoms with Gasteiger partial charge in [-0.15, -0.1) is 0 Å². The molecule has 2 aliphatic heterocycles. The Kier molecular flexibility index (Phi) is 5.66. The first-order valence-corrected chi connectivity index (χ1v) is 8.77. The van der Waals surface area contributed by atoms with Gasteiger partial charge >= 0.3 is 0 Å². The summed E-state index contributed by atoms with van der Waals surface area (Å²) in [4.78, 5) is 2.39. The number of rotatable bonds is 6. The van der Waals surface area contributed by atoms with E-state index in [2.05, 4.69) is 63.0 Å². The molecule has 0 spiro atoms. The van der Waals surface area contributed by atoms with Gasteiger partial charge in [0.1, 0.15) is 0 Å². The van der Waals surface area contributed by atoms with Crippen molar-refractivity contribution >= 4 is 5.71 Å². The molecule has 2 heteroatoms. The number of nitrogens with zero attached hydrogens (tertiary/aromatic N) is 1. The standard InChI is InChI=1S/C20H32N2/c1-16(2)8-5-6-9-17(3)10-7-11-19-18(21)14-20(4)12-13-22(19)15-20/h6-7,9-11,16-17,21H,5,8,12-15H2,1-4H3/b9-6+,10-7+,19-11+,21-18?/t17-,20?/m0/s1. The van der Waals surface area contributed by atoms with Crippen LogP contribution in [0.4, 0.5) is 0 Å². The molecule has 122 valence electrons. The zero-order valence-corrected chi connectivity index (χ0v) is 14.7. The maximum atomic E-state index is 8.28. The van der Waals surface area contributed by atoms with Crippen LogP contribution in [0.15, 0.2) is 36.1 Å². The smallest absolute Gasteiger partial charge is 0.0577 e. The van der Waals surface area contributed by atoms with E-state index in [-0.39, 0.29) is 0 Å². The highest BCUT2D eigenvalue weighted by Gasteiger charge is 2.41. The van der Waals surface area contributed by atoms with Crippen molar-refractivity contribution in [3.63, 3.8) is 0 Å². The molecule has 0 saturated carbocycles. The highest BCUT2D eigenvalue weighted by molar-refractivity contribution is 5.99. The van der Waals surface area contributed by atoms with Gasteiger partial charge in [-0.2, -0.15) is 0 Å². The average Bonchev–Trinajstić information content (AvgIpc) is 2.75. The van der Waals surface area contributed by atoms with E-state index in [0.29, 0.717) is 11.3 Å².